The summed E-state index contributed by atoms with van der Waals surface area (Å²) in [6, 6.07) is 8.78. The molecule has 96 valence electrons. The van der Waals surface area contributed by atoms with Crippen molar-refractivity contribution in [2.75, 3.05) is 26.7 Å². The minimum Gasteiger partial charge on any atom is -0.317 e. The molecule has 0 aromatic heterocycles. The zero-order chi connectivity index (χ0) is 12.5. The first kappa shape index (κ1) is 14.2. The van der Waals surface area contributed by atoms with Crippen LogP contribution < -0.4 is 5.32 Å². The fraction of sp³-hybridized carbons (Fsp3) is 0.600. The Morgan fingerprint density at radius 3 is 2.76 bits per heavy atom. The van der Waals surface area contributed by atoms with Crippen molar-refractivity contribution in [3.63, 3.8) is 0 Å². The van der Waals surface area contributed by atoms with E-state index in [9.17, 15) is 0 Å². The third kappa shape index (κ3) is 6.44. The lowest BCUT2D eigenvalue weighted by atomic mass is 10.1. The molecule has 0 atom stereocenters. The number of aryl methyl sites for hydroxylation is 1. The van der Waals surface area contributed by atoms with Gasteiger partial charge in [0.2, 0.25) is 0 Å². The Balaban J connectivity index is 2.18. The molecule has 0 saturated carbocycles. The Kier molecular flexibility index (Phi) is 6.90. The Hall–Kier alpha value is -0.860. The highest BCUT2D eigenvalue weighted by Crippen LogP contribution is 2.07. The largest absolute Gasteiger partial charge is 0.317 e. The third-order valence-corrected chi connectivity index (χ3v) is 2.93. The van der Waals surface area contributed by atoms with Crippen LogP contribution in [0.4, 0.5) is 0 Å². The number of nitrogens with one attached hydrogen (secondary N) is 1. The van der Waals surface area contributed by atoms with Gasteiger partial charge in [0.15, 0.2) is 0 Å². The number of benzene rings is 1. The Labute approximate surface area is 106 Å². The van der Waals surface area contributed by atoms with E-state index in [0.29, 0.717) is 0 Å². The van der Waals surface area contributed by atoms with Crippen molar-refractivity contribution in [3.8, 4) is 0 Å². The molecule has 0 aliphatic rings. The molecule has 0 fully saturated rings. The predicted octanol–water partition coefficient (Wildman–Crippen LogP) is 2.82. The summed E-state index contributed by atoms with van der Waals surface area (Å²) in [4.78, 5) is 2.40. The zero-order valence-electron chi connectivity index (χ0n) is 11.5. The maximum Gasteiger partial charge on any atom is 0.0230 e. The fourth-order valence-electron chi connectivity index (χ4n) is 2.01. The van der Waals surface area contributed by atoms with E-state index in [0.717, 1.165) is 19.6 Å². The van der Waals surface area contributed by atoms with Crippen LogP contribution >= 0.6 is 0 Å². The average Bonchev–Trinajstić information content (AvgIpc) is 2.29. The number of hydrogen-bond donors (Lipinski definition) is 1. The first-order chi connectivity index (χ1) is 8.22. The lowest BCUT2D eigenvalue weighted by Gasteiger charge is -2.16. The van der Waals surface area contributed by atoms with Crippen LogP contribution in [0.15, 0.2) is 24.3 Å². The molecule has 2 heteroatoms. The maximum absolute atomic E-state index is 3.36. The molecule has 0 spiro atoms. The van der Waals surface area contributed by atoms with Gasteiger partial charge in [-0.3, -0.25) is 0 Å². The van der Waals surface area contributed by atoms with Gasteiger partial charge in [0.05, 0.1) is 0 Å². The van der Waals surface area contributed by atoms with Crippen LogP contribution in [-0.4, -0.2) is 31.6 Å². The summed E-state index contributed by atoms with van der Waals surface area (Å²) in [5.41, 5.74) is 2.77. The van der Waals surface area contributed by atoms with Crippen LogP contribution in [0, 0.1) is 6.92 Å². The molecule has 0 bridgehead atoms. The summed E-state index contributed by atoms with van der Waals surface area (Å²) in [7, 11) is 2.20. The van der Waals surface area contributed by atoms with Crippen molar-refractivity contribution in [3.05, 3.63) is 35.4 Å². The monoisotopic (exact) mass is 234 g/mol. The van der Waals surface area contributed by atoms with Gasteiger partial charge in [-0.2, -0.15) is 0 Å². The van der Waals surface area contributed by atoms with Crippen LogP contribution in [0.25, 0.3) is 0 Å². The van der Waals surface area contributed by atoms with Gasteiger partial charge >= 0.3 is 0 Å². The van der Waals surface area contributed by atoms with E-state index in [2.05, 4.69) is 55.4 Å². The second kappa shape index (κ2) is 8.26. The molecule has 0 aliphatic heterocycles. The standard InChI is InChI=1S/C15H26N2/c1-4-16-10-5-6-11-17(3)13-15-9-7-8-14(2)12-15/h7-9,12,16H,4-6,10-11,13H2,1-3H3. The Morgan fingerprint density at radius 1 is 1.24 bits per heavy atom. The Morgan fingerprint density at radius 2 is 2.06 bits per heavy atom. The average molecular weight is 234 g/mol. The molecule has 1 rings (SSSR count). The lowest BCUT2D eigenvalue weighted by molar-refractivity contribution is 0.318. The van der Waals surface area contributed by atoms with Crippen LogP contribution in [-0.2, 0) is 6.54 Å². The van der Waals surface area contributed by atoms with Crippen LogP contribution in [0.5, 0.6) is 0 Å². The molecular formula is C15H26N2. The summed E-state index contributed by atoms with van der Waals surface area (Å²) in [6.45, 7) is 8.78. The molecule has 0 amide bonds. The summed E-state index contributed by atoms with van der Waals surface area (Å²) in [5, 5.41) is 3.36. The molecule has 2 nitrogen and oxygen atoms in total. The second-order valence-corrected chi connectivity index (χ2v) is 4.79. The number of rotatable bonds is 8. The van der Waals surface area contributed by atoms with Crippen LogP contribution in [0.2, 0.25) is 0 Å². The highest BCUT2D eigenvalue weighted by atomic mass is 15.1. The van der Waals surface area contributed by atoms with Crippen molar-refractivity contribution >= 4 is 0 Å². The number of hydrogen-bond acceptors (Lipinski definition) is 2. The number of nitrogens with zero attached hydrogens (tertiary/aromatic N) is 1. The summed E-state index contributed by atoms with van der Waals surface area (Å²) < 4.78 is 0. The molecule has 1 aromatic carbocycles. The minimum atomic E-state index is 1.06. The lowest BCUT2D eigenvalue weighted by Crippen LogP contribution is -2.21. The van der Waals surface area contributed by atoms with E-state index in [4.69, 9.17) is 0 Å². The van der Waals surface area contributed by atoms with Gasteiger partial charge in [-0.1, -0.05) is 36.8 Å². The van der Waals surface area contributed by atoms with Crippen molar-refractivity contribution in [2.45, 2.75) is 33.2 Å². The van der Waals surface area contributed by atoms with Crippen molar-refractivity contribution in [2.24, 2.45) is 0 Å². The van der Waals surface area contributed by atoms with Gasteiger partial charge < -0.3 is 10.2 Å². The van der Waals surface area contributed by atoms with E-state index >= 15 is 0 Å². The van der Waals surface area contributed by atoms with E-state index in [1.54, 1.807) is 0 Å². The molecule has 0 heterocycles. The molecule has 1 aromatic rings. The first-order valence-corrected chi connectivity index (χ1v) is 6.67. The van der Waals surface area contributed by atoms with Crippen molar-refractivity contribution in [1.29, 1.82) is 0 Å². The maximum atomic E-state index is 3.36. The fourth-order valence-corrected chi connectivity index (χ4v) is 2.01. The second-order valence-electron chi connectivity index (χ2n) is 4.79. The topological polar surface area (TPSA) is 15.3 Å². The summed E-state index contributed by atoms with van der Waals surface area (Å²) >= 11 is 0. The minimum absolute atomic E-state index is 1.06. The molecule has 0 radical (unpaired) electrons. The predicted molar refractivity (Wildman–Crippen MR) is 75.3 cm³/mol. The molecule has 1 N–H and O–H groups in total. The van der Waals surface area contributed by atoms with E-state index < -0.39 is 0 Å². The SMILES string of the molecule is CCNCCCCN(C)Cc1cccc(C)c1. The zero-order valence-corrected chi connectivity index (χ0v) is 11.5. The summed E-state index contributed by atoms with van der Waals surface area (Å²) in [5.74, 6) is 0. The molecule has 0 aliphatic carbocycles. The van der Waals surface area contributed by atoms with Crippen molar-refractivity contribution < 1.29 is 0 Å². The molecule has 17 heavy (non-hydrogen) atoms. The quantitative estimate of drug-likeness (QED) is 0.696. The van der Waals surface area contributed by atoms with Gasteiger partial charge in [-0.15, -0.1) is 0 Å². The molecular weight excluding hydrogens is 208 g/mol. The normalized spacial score (nSPS) is 11.1. The summed E-state index contributed by atoms with van der Waals surface area (Å²) in [6.07, 6.45) is 2.54. The van der Waals surface area contributed by atoms with Gasteiger partial charge in [0, 0.05) is 6.54 Å². The smallest absolute Gasteiger partial charge is 0.0230 e. The van der Waals surface area contributed by atoms with E-state index in [-0.39, 0.29) is 0 Å². The highest BCUT2D eigenvalue weighted by Gasteiger charge is 2.00. The van der Waals surface area contributed by atoms with E-state index in [1.807, 2.05) is 0 Å². The Bertz CT molecular complexity index is 310. The first-order valence-electron chi connectivity index (χ1n) is 6.67. The van der Waals surface area contributed by atoms with Crippen molar-refractivity contribution in [1.82, 2.24) is 10.2 Å². The van der Waals surface area contributed by atoms with E-state index in [1.165, 1.54) is 30.5 Å². The van der Waals surface area contributed by atoms with Gasteiger partial charge in [0.1, 0.15) is 0 Å². The van der Waals surface area contributed by atoms with Gasteiger partial charge in [0.25, 0.3) is 0 Å². The van der Waals surface area contributed by atoms with Crippen LogP contribution in [0.3, 0.4) is 0 Å². The highest BCUT2D eigenvalue weighted by molar-refractivity contribution is 5.21. The third-order valence-electron chi connectivity index (χ3n) is 2.93. The van der Waals surface area contributed by atoms with Gasteiger partial charge in [-0.25, -0.2) is 0 Å². The van der Waals surface area contributed by atoms with Gasteiger partial charge in [-0.05, 0) is 52.0 Å². The molecule has 0 saturated heterocycles. The molecule has 0 unspecified atom stereocenters. The number of unbranched alkanes of at least 4 members (excludes halogenated alkanes) is 1. The van der Waals surface area contributed by atoms with Crippen LogP contribution in [0.1, 0.15) is 30.9 Å².